The SMILES string of the molecule is CCOC(=O)Cn1c(=NC(=O)c2ccc(C(=O)c3ccccc3)cc2)sc2cccc(C)c21. The summed E-state index contributed by atoms with van der Waals surface area (Å²) in [6.45, 7) is 3.94. The molecule has 1 aromatic heterocycles. The number of carbonyl (C=O) groups is 3. The van der Waals surface area contributed by atoms with Gasteiger partial charge in [-0.3, -0.25) is 14.4 Å². The first-order chi connectivity index (χ1) is 16.0. The molecule has 0 saturated heterocycles. The Morgan fingerprint density at radius 2 is 1.55 bits per heavy atom. The number of benzene rings is 3. The lowest BCUT2D eigenvalue weighted by atomic mass is 10.0. The molecule has 0 fully saturated rings. The van der Waals surface area contributed by atoms with E-state index in [-0.39, 0.29) is 18.9 Å². The summed E-state index contributed by atoms with van der Waals surface area (Å²) in [5, 5.41) is 0. The van der Waals surface area contributed by atoms with E-state index in [2.05, 4.69) is 4.99 Å². The highest BCUT2D eigenvalue weighted by atomic mass is 32.1. The second-order valence-electron chi connectivity index (χ2n) is 7.39. The Morgan fingerprint density at radius 3 is 2.24 bits per heavy atom. The van der Waals surface area contributed by atoms with Crippen molar-refractivity contribution < 1.29 is 19.1 Å². The fourth-order valence-electron chi connectivity index (χ4n) is 3.55. The molecule has 1 heterocycles. The highest BCUT2D eigenvalue weighted by Gasteiger charge is 2.15. The molecule has 0 aliphatic heterocycles. The summed E-state index contributed by atoms with van der Waals surface area (Å²) in [4.78, 5) is 42.4. The monoisotopic (exact) mass is 458 g/mol. The van der Waals surface area contributed by atoms with E-state index in [1.807, 2.05) is 43.3 Å². The zero-order chi connectivity index (χ0) is 23.4. The predicted molar refractivity (Wildman–Crippen MR) is 127 cm³/mol. The summed E-state index contributed by atoms with van der Waals surface area (Å²) < 4.78 is 7.75. The lowest BCUT2D eigenvalue weighted by Gasteiger charge is -2.07. The van der Waals surface area contributed by atoms with Crippen LogP contribution in [0.5, 0.6) is 0 Å². The second kappa shape index (κ2) is 9.75. The van der Waals surface area contributed by atoms with Crippen molar-refractivity contribution in [1.29, 1.82) is 0 Å². The van der Waals surface area contributed by atoms with Crippen molar-refractivity contribution in [2.24, 2.45) is 4.99 Å². The number of amides is 1. The Labute approximate surface area is 194 Å². The average Bonchev–Trinajstić information content (AvgIpc) is 3.17. The van der Waals surface area contributed by atoms with Gasteiger partial charge in [-0.25, -0.2) is 0 Å². The first-order valence-electron chi connectivity index (χ1n) is 10.5. The molecule has 4 aromatic rings. The minimum Gasteiger partial charge on any atom is -0.465 e. The van der Waals surface area contributed by atoms with Gasteiger partial charge in [-0.05, 0) is 37.6 Å². The van der Waals surface area contributed by atoms with Crippen LogP contribution in [0.4, 0.5) is 0 Å². The van der Waals surface area contributed by atoms with Crippen molar-refractivity contribution in [3.8, 4) is 0 Å². The molecule has 0 radical (unpaired) electrons. The maximum absolute atomic E-state index is 12.9. The van der Waals surface area contributed by atoms with Crippen LogP contribution in [-0.2, 0) is 16.1 Å². The van der Waals surface area contributed by atoms with E-state index in [4.69, 9.17) is 4.74 Å². The normalized spacial score (nSPS) is 11.5. The van der Waals surface area contributed by atoms with Gasteiger partial charge in [-0.1, -0.05) is 65.9 Å². The third kappa shape index (κ3) is 4.83. The molecule has 0 N–H and O–H groups in total. The number of fused-ring (bicyclic) bond motifs is 1. The van der Waals surface area contributed by atoms with Crippen LogP contribution in [0, 0.1) is 6.92 Å². The molecule has 3 aromatic carbocycles. The van der Waals surface area contributed by atoms with Crippen molar-refractivity contribution >= 4 is 39.2 Å². The lowest BCUT2D eigenvalue weighted by molar-refractivity contribution is -0.143. The molecule has 0 unspecified atom stereocenters. The third-order valence-electron chi connectivity index (χ3n) is 5.12. The Kier molecular flexibility index (Phi) is 6.60. The van der Waals surface area contributed by atoms with E-state index in [0.717, 1.165) is 15.8 Å². The Hall–Kier alpha value is -3.84. The first kappa shape index (κ1) is 22.4. The van der Waals surface area contributed by atoms with Crippen LogP contribution < -0.4 is 4.80 Å². The topological polar surface area (TPSA) is 77.7 Å². The zero-order valence-corrected chi connectivity index (χ0v) is 19.1. The van der Waals surface area contributed by atoms with Gasteiger partial charge in [-0.15, -0.1) is 0 Å². The van der Waals surface area contributed by atoms with E-state index in [0.29, 0.717) is 21.5 Å². The van der Waals surface area contributed by atoms with Crippen LogP contribution in [0.15, 0.2) is 77.8 Å². The van der Waals surface area contributed by atoms with Crippen LogP contribution >= 0.6 is 11.3 Å². The van der Waals surface area contributed by atoms with Crippen molar-refractivity contribution in [3.05, 3.63) is 99.9 Å². The Bertz CT molecular complexity index is 1400. The number of thiazole rings is 1. The summed E-state index contributed by atoms with van der Waals surface area (Å²) in [5.74, 6) is -0.951. The average molecular weight is 459 g/mol. The smallest absolute Gasteiger partial charge is 0.326 e. The molecule has 33 heavy (non-hydrogen) atoms. The number of carbonyl (C=O) groups excluding carboxylic acids is 3. The van der Waals surface area contributed by atoms with Crippen molar-refractivity contribution in [3.63, 3.8) is 0 Å². The molecule has 0 bridgehead atoms. The van der Waals surface area contributed by atoms with Crippen LogP contribution in [0.2, 0.25) is 0 Å². The van der Waals surface area contributed by atoms with Gasteiger partial charge in [0.1, 0.15) is 6.54 Å². The van der Waals surface area contributed by atoms with Gasteiger partial charge in [0.25, 0.3) is 5.91 Å². The molecule has 0 aliphatic rings. The van der Waals surface area contributed by atoms with E-state index in [9.17, 15) is 14.4 Å². The minimum atomic E-state index is -0.449. The molecule has 166 valence electrons. The number of hydrogen-bond acceptors (Lipinski definition) is 5. The number of esters is 1. The zero-order valence-electron chi connectivity index (χ0n) is 18.3. The summed E-state index contributed by atoms with van der Waals surface area (Å²) in [6, 6.07) is 21.2. The van der Waals surface area contributed by atoms with Crippen LogP contribution in [0.25, 0.3) is 10.2 Å². The van der Waals surface area contributed by atoms with Gasteiger partial charge in [0, 0.05) is 16.7 Å². The van der Waals surface area contributed by atoms with Crippen molar-refractivity contribution in [2.45, 2.75) is 20.4 Å². The molecule has 0 saturated carbocycles. The van der Waals surface area contributed by atoms with Crippen LogP contribution in [-0.4, -0.2) is 28.8 Å². The van der Waals surface area contributed by atoms with E-state index in [1.54, 1.807) is 47.9 Å². The Balaban J connectivity index is 1.68. The molecule has 0 atom stereocenters. The molecule has 6 nitrogen and oxygen atoms in total. The molecule has 1 amide bonds. The molecular weight excluding hydrogens is 436 g/mol. The molecule has 7 heteroatoms. The number of nitrogens with zero attached hydrogens (tertiary/aromatic N) is 2. The molecule has 0 spiro atoms. The minimum absolute atomic E-state index is 0.0324. The maximum Gasteiger partial charge on any atom is 0.326 e. The third-order valence-corrected chi connectivity index (χ3v) is 6.17. The van der Waals surface area contributed by atoms with Gasteiger partial charge in [-0.2, -0.15) is 4.99 Å². The van der Waals surface area contributed by atoms with Gasteiger partial charge in [0.15, 0.2) is 10.6 Å². The van der Waals surface area contributed by atoms with Gasteiger partial charge in [0.2, 0.25) is 0 Å². The highest BCUT2D eigenvalue weighted by Crippen LogP contribution is 2.21. The number of aromatic nitrogens is 1. The summed E-state index contributed by atoms with van der Waals surface area (Å²) in [6.07, 6.45) is 0. The van der Waals surface area contributed by atoms with Crippen LogP contribution in [0.3, 0.4) is 0 Å². The number of hydrogen-bond donors (Lipinski definition) is 0. The van der Waals surface area contributed by atoms with Crippen molar-refractivity contribution in [2.75, 3.05) is 6.61 Å². The molecule has 4 rings (SSSR count). The quantitative estimate of drug-likeness (QED) is 0.314. The number of para-hydroxylation sites is 1. The van der Waals surface area contributed by atoms with Crippen LogP contribution in [0.1, 0.15) is 38.8 Å². The highest BCUT2D eigenvalue weighted by molar-refractivity contribution is 7.16. The standard InChI is InChI=1S/C26H22N2O4S/c1-3-32-22(29)16-28-23-17(2)8-7-11-21(23)33-26(28)27-25(31)20-14-12-19(13-15-20)24(30)18-9-5-4-6-10-18/h4-15H,3,16H2,1-2H3. The molecule has 0 aliphatic carbocycles. The number of rotatable bonds is 6. The predicted octanol–water partition coefficient (Wildman–Crippen LogP) is 4.55. The summed E-state index contributed by atoms with van der Waals surface area (Å²) in [7, 11) is 0. The van der Waals surface area contributed by atoms with Gasteiger partial charge >= 0.3 is 5.97 Å². The van der Waals surface area contributed by atoms with Gasteiger partial charge < -0.3 is 9.30 Å². The number of ether oxygens (including phenoxy) is 1. The van der Waals surface area contributed by atoms with E-state index < -0.39 is 11.9 Å². The summed E-state index contributed by atoms with van der Waals surface area (Å²) in [5.41, 5.74) is 3.27. The Morgan fingerprint density at radius 1 is 0.879 bits per heavy atom. The first-order valence-corrected chi connectivity index (χ1v) is 11.3. The second-order valence-corrected chi connectivity index (χ2v) is 8.40. The summed E-state index contributed by atoms with van der Waals surface area (Å²) >= 11 is 1.34. The van der Waals surface area contributed by atoms with E-state index in [1.165, 1.54) is 11.3 Å². The number of aryl methyl sites for hydroxylation is 1. The fraction of sp³-hybridized carbons (Fsp3) is 0.154. The fourth-order valence-corrected chi connectivity index (χ4v) is 4.65. The van der Waals surface area contributed by atoms with E-state index >= 15 is 0 Å². The largest absolute Gasteiger partial charge is 0.465 e. The lowest BCUT2D eigenvalue weighted by Crippen LogP contribution is -2.23. The number of ketones is 1. The van der Waals surface area contributed by atoms with Gasteiger partial charge in [0.05, 0.1) is 16.8 Å². The maximum atomic E-state index is 12.9. The molecular formula is C26H22N2O4S. The van der Waals surface area contributed by atoms with Crippen molar-refractivity contribution in [1.82, 2.24) is 4.57 Å².